The fraction of sp³-hybridized carbons (Fsp3) is 0.682. The molecule has 0 amide bonds. The number of aliphatic imine (C=N–C) groups is 1. The molecule has 3 N–H and O–H groups in total. The van der Waals surface area contributed by atoms with E-state index in [2.05, 4.69) is 31.4 Å². The van der Waals surface area contributed by atoms with Crippen molar-refractivity contribution in [1.82, 2.24) is 10.6 Å². The molecule has 0 unspecified atom stereocenters. The van der Waals surface area contributed by atoms with Crippen LogP contribution < -0.4 is 20.1 Å². The number of aliphatic hydroxyl groups is 1. The molecule has 6 nitrogen and oxygen atoms in total. The summed E-state index contributed by atoms with van der Waals surface area (Å²) >= 11 is 0. The lowest BCUT2D eigenvalue weighted by atomic mass is 9.64. The highest BCUT2D eigenvalue weighted by atomic mass is 16.5. The van der Waals surface area contributed by atoms with Crippen LogP contribution in [0.3, 0.4) is 0 Å². The summed E-state index contributed by atoms with van der Waals surface area (Å²) in [6.07, 6.45) is 5.23. The summed E-state index contributed by atoms with van der Waals surface area (Å²) in [5.74, 6) is 2.87. The highest BCUT2D eigenvalue weighted by Crippen LogP contribution is 2.45. The number of hydrogen-bond acceptors (Lipinski definition) is 4. The van der Waals surface area contributed by atoms with Crippen LogP contribution in [0, 0.1) is 11.3 Å². The van der Waals surface area contributed by atoms with Crippen LogP contribution in [0.15, 0.2) is 23.2 Å². The van der Waals surface area contributed by atoms with Gasteiger partial charge in [-0.25, -0.2) is 4.99 Å². The third-order valence-corrected chi connectivity index (χ3v) is 5.23. The van der Waals surface area contributed by atoms with Gasteiger partial charge in [-0.05, 0) is 55.2 Å². The average molecular weight is 392 g/mol. The first-order chi connectivity index (χ1) is 13.5. The molecule has 0 radical (unpaired) electrons. The molecule has 0 spiro atoms. The SMILES string of the molecule is CCNC(=NCc1ccc(OCCO)c(OC)c1)NCC1(CC(C)C)CCC1. The smallest absolute Gasteiger partial charge is 0.191 e. The highest BCUT2D eigenvalue weighted by molar-refractivity contribution is 5.79. The predicted octanol–water partition coefficient (Wildman–Crippen LogP) is 3.34. The Hall–Kier alpha value is -1.95. The number of benzene rings is 1. The zero-order valence-corrected chi connectivity index (χ0v) is 17.9. The molecule has 0 saturated heterocycles. The molecule has 158 valence electrons. The molecular formula is C22H37N3O3. The fourth-order valence-electron chi connectivity index (χ4n) is 3.86. The van der Waals surface area contributed by atoms with Crippen molar-refractivity contribution >= 4 is 5.96 Å². The van der Waals surface area contributed by atoms with Crippen LogP contribution >= 0.6 is 0 Å². The minimum atomic E-state index is -0.0226. The summed E-state index contributed by atoms with van der Waals surface area (Å²) in [4.78, 5) is 4.75. The van der Waals surface area contributed by atoms with Crippen molar-refractivity contribution in [3.8, 4) is 11.5 Å². The molecular weight excluding hydrogens is 354 g/mol. The maximum atomic E-state index is 8.92. The van der Waals surface area contributed by atoms with Gasteiger partial charge in [0.1, 0.15) is 6.61 Å². The molecule has 0 heterocycles. The van der Waals surface area contributed by atoms with Crippen LogP contribution in [0.4, 0.5) is 0 Å². The Labute approximate surface area is 169 Å². The van der Waals surface area contributed by atoms with Gasteiger partial charge in [0.15, 0.2) is 17.5 Å². The number of guanidine groups is 1. The van der Waals surface area contributed by atoms with Crippen molar-refractivity contribution in [3.05, 3.63) is 23.8 Å². The van der Waals surface area contributed by atoms with E-state index in [1.165, 1.54) is 25.7 Å². The lowest BCUT2D eigenvalue weighted by molar-refractivity contribution is 0.104. The van der Waals surface area contributed by atoms with Gasteiger partial charge in [-0.15, -0.1) is 0 Å². The summed E-state index contributed by atoms with van der Waals surface area (Å²) in [5.41, 5.74) is 1.48. The predicted molar refractivity (Wildman–Crippen MR) is 114 cm³/mol. The van der Waals surface area contributed by atoms with Gasteiger partial charge in [-0.2, -0.15) is 0 Å². The van der Waals surface area contributed by atoms with Gasteiger partial charge in [-0.3, -0.25) is 0 Å². The van der Waals surface area contributed by atoms with Gasteiger partial charge in [0.2, 0.25) is 0 Å². The molecule has 1 aliphatic carbocycles. The quantitative estimate of drug-likeness (QED) is 0.398. The third kappa shape index (κ3) is 6.59. The lowest BCUT2D eigenvalue weighted by Gasteiger charge is -2.43. The molecule has 1 fully saturated rings. The lowest BCUT2D eigenvalue weighted by Crippen LogP contribution is -2.47. The van der Waals surface area contributed by atoms with E-state index in [0.29, 0.717) is 23.5 Å². The summed E-state index contributed by atoms with van der Waals surface area (Å²) in [5, 5.41) is 15.8. The summed E-state index contributed by atoms with van der Waals surface area (Å²) in [6.45, 7) is 9.30. The first-order valence-corrected chi connectivity index (χ1v) is 10.4. The highest BCUT2D eigenvalue weighted by Gasteiger charge is 2.37. The van der Waals surface area contributed by atoms with E-state index in [9.17, 15) is 0 Å². The van der Waals surface area contributed by atoms with E-state index in [1.54, 1.807) is 7.11 Å². The van der Waals surface area contributed by atoms with Gasteiger partial charge in [0.25, 0.3) is 0 Å². The van der Waals surface area contributed by atoms with Crippen LogP contribution in [-0.2, 0) is 6.54 Å². The van der Waals surface area contributed by atoms with E-state index in [-0.39, 0.29) is 13.2 Å². The van der Waals surface area contributed by atoms with E-state index < -0.39 is 0 Å². The second-order valence-electron chi connectivity index (χ2n) is 8.06. The van der Waals surface area contributed by atoms with Crippen LogP contribution in [-0.4, -0.2) is 44.5 Å². The van der Waals surface area contributed by atoms with Crippen LogP contribution in [0.5, 0.6) is 11.5 Å². The summed E-state index contributed by atoms with van der Waals surface area (Å²) in [6, 6.07) is 5.78. The number of hydrogen-bond donors (Lipinski definition) is 3. The monoisotopic (exact) mass is 391 g/mol. The molecule has 6 heteroatoms. The van der Waals surface area contributed by atoms with Crippen LogP contribution in [0.2, 0.25) is 0 Å². The van der Waals surface area contributed by atoms with Gasteiger partial charge < -0.3 is 25.2 Å². The zero-order chi connectivity index (χ0) is 20.4. The topological polar surface area (TPSA) is 75.1 Å². The average Bonchev–Trinajstić information content (AvgIpc) is 2.66. The Morgan fingerprint density at radius 3 is 2.61 bits per heavy atom. The Bertz CT molecular complexity index is 627. The van der Waals surface area contributed by atoms with Crippen LogP contribution in [0.25, 0.3) is 0 Å². The number of nitrogens with zero attached hydrogens (tertiary/aromatic N) is 1. The molecule has 2 rings (SSSR count). The Morgan fingerprint density at radius 2 is 2.04 bits per heavy atom. The van der Waals surface area contributed by atoms with Crippen molar-refractivity contribution in [2.45, 2.75) is 53.0 Å². The Morgan fingerprint density at radius 1 is 1.25 bits per heavy atom. The second-order valence-corrected chi connectivity index (χ2v) is 8.06. The van der Waals surface area contributed by atoms with Gasteiger partial charge in [0, 0.05) is 13.1 Å². The van der Waals surface area contributed by atoms with Crippen molar-refractivity contribution in [2.75, 3.05) is 33.4 Å². The molecule has 0 atom stereocenters. The number of nitrogens with one attached hydrogen (secondary N) is 2. The zero-order valence-electron chi connectivity index (χ0n) is 17.9. The Kier molecular flexibility index (Phi) is 8.90. The van der Waals surface area contributed by atoms with E-state index in [0.717, 1.165) is 30.5 Å². The summed E-state index contributed by atoms with van der Waals surface area (Å²) < 4.78 is 10.9. The van der Waals surface area contributed by atoms with Gasteiger partial charge >= 0.3 is 0 Å². The summed E-state index contributed by atoms with van der Waals surface area (Å²) in [7, 11) is 1.62. The van der Waals surface area contributed by atoms with E-state index >= 15 is 0 Å². The largest absolute Gasteiger partial charge is 0.493 e. The minimum absolute atomic E-state index is 0.0226. The number of aliphatic hydroxyl groups excluding tert-OH is 1. The molecule has 28 heavy (non-hydrogen) atoms. The first kappa shape index (κ1) is 22.3. The normalized spacial score (nSPS) is 15.9. The standard InChI is InChI=1S/C22H37N3O3/c1-5-23-21(25-16-22(9-6-10-22)14-17(2)3)24-15-18-7-8-19(28-12-11-26)20(13-18)27-4/h7-8,13,17,26H,5-6,9-12,14-16H2,1-4H3,(H2,23,24,25). The molecule has 1 saturated carbocycles. The van der Waals surface area contributed by atoms with Crippen LogP contribution in [0.1, 0.15) is 52.0 Å². The fourth-order valence-corrected chi connectivity index (χ4v) is 3.86. The first-order valence-electron chi connectivity index (χ1n) is 10.4. The van der Waals surface area contributed by atoms with Crippen molar-refractivity contribution in [2.24, 2.45) is 16.3 Å². The van der Waals surface area contributed by atoms with Crippen molar-refractivity contribution in [1.29, 1.82) is 0 Å². The molecule has 0 aliphatic heterocycles. The van der Waals surface area contributed by atoms with Crippen molar-refractivity contribution < 1.29 is 14.6 Å². The van der Waals surface area contributed by atoms with E-state index in [1.807, 2.05) is 18.2 Å². The van der Waals surface area contributed by atoms with Gasteiger partial charge in [0.05, 0.1) is 20.3 Å². The molecule has 0 aromatic heterocycles. The maximum absolute atomic E-state index is 8.92. The van der Waals surface area contributed by atoms with Gasteiger partial charge in [-0.1, -0.05) is 26.3 Å². The number of methoxy groups -OCH3 is 1. The third-order valence-electron chi connectivity index (χ3n) is 5.23. The molecule has 1 aromatic rings. The van der Waals surface area contributed by atoms with Crippen molar-refractivity contribution in [3.63, 3.8) is 0 Å². The Balaban J connectivity index is 1.99. The molecule has 1 aliphatic rings. The maximum Gasteiger partial charge on any atom is 0.191 e. The molecule has 0 bridgehead atoms. The van der Waals surface area contributed by atoms with E-state index in [4.69, 9.17) is 19.6 Å². The second kappa shape index (κ2) is 11.1. The molecule has 1 aromatic carbocycles. The minimum Gasteiger partial charge on any atom is -0.493 e. The number of rotatable bonds is 11. The number of ether oxygens (including phenoxy) is 2.